The Labute approximate surface area is 105 Å². The van der Waals surface area contributed by atoms with Crippen LogP contribution in [-0.2, 0) is 16.1 Å². The summed E-state index contributed by atoms with van der Waals surface area (Å²) in [6.45, 7) is 0.727. The van der Waals surface area contributed by atoms with Gasteiger partial charge in [-0.15, -0.1) is 0 Å². The normalized spacial score (nSPS) is 19.6. The number of anilines is 1. The number of amides is 1. The number of ether oxygens (including phenoxy) is 1. The van der Waals surface area contributed by atoms with Crippen LogP contribution in [0.5, 0.6) is 0 Å². The molecule has 5 heteroatoms. The Morgan fingerprint density at radius 1 is 1.50 bits per heavy atom. The van der Waals surface area contributed by atoms with E-state index in [1.165, 1.54) is 12.1 Å². The van der Waals surface area contributed by atoms with Crippen LogP contribution in [0.15, 0.2) is 18.2 Å². The number of nitrogens with two attached hydrogens (primary N) is 1. The van der Waals surface area contributed by atoms with Crippen LogP contribution in [0.4, 0.5) is 10.1 Å². The van der Waals surface area contributed by atoms with Gasteiger partial charge in [0.1, 0.15) is 11.9 Å². The second kappa shape index (κ2) is 5.93. The SMILES string of the molecule is NCc1cc(NC(=O)C2CCCCO2)ccc1F. The minimum Gasteiger partial charge on any atom is -0.368 e. The molecule has 0 saturated carbocycles. The van der Waals surface area contributed by atoms with Gasteiger partial charge in [-0.05, 0) is 37.5 Å². The third kappa shape index (κ3) is 3.05. The van der Waals surface area contributed by atoms with Crippen LogP contribution in [0.3, 0.4) is 0 Å². The average Bonchev–Trinajstić information content (AvgIpc) is 2.42. The monoisotopic (exact) mass is 252 g/mol. The molecule has 98 valence electrons. The van der Waals surface area contributed by atoms with Crippen LogP contribution in [0.1, 0.15) is 24.8 Å². The fourth-order valence-electron chi connectivity index (χ4n) is 1.98. The van der Waals surface area contributed by atoms with Gasteiger partial charge in [-0.25, -0.2) is 4.39 Å². The molecule has 0 bridgehead atoms. The summed E-state index contributed by atoms with van der Waals surface area (Å²) in [5, 5.41) is 2.73. The molecule has 1 fully saturated rings. The molecule has 1 unspecified atom stereocenters. The standard InChI is InChI=1S/C13H17FN2O2/c14-11-5-4-10(7-9(11)8-15)16-13(17)12-3-1-2-6-18-12/h4-5,7,12H,1-3,6,8,15H2,(H,16,17). The lowest BCUT2D eigenvalue weighted by Crippen LogP contribution is -2.33. The van der Waals surface area contributed by atoms with Crippen molar-refractivity contribution in [1.29, 1.82) is 0 Å². The van der Waals surface area contributed by atoms with E-state index >= 15 is 0 Å². The third-order valence-corrected chi connectivity index (χ3v) is 3.01. The van der Waals surface area contributed by atoms with Gasteiger partial charge < -0.3 is 15.8 Å². The first-order valence-corrected chi connectivity index (χ1v) is 6.11. The number of nitrogens with one attached hydrogen (secondary N) is 1. The maximum Gasteiger partial charge on any atom is 0.253 e. The van der Waals surface area contributed by atoms with Gasteiger partial charge in [0.15, 0.2) is 0 Å². The molecule has 1 aliphatic heterocycles. The van der Waals surface area contributed by atoms with Crippen molar-refractivity contribution >= 4 is 11.6 Å². The van der Waals surface area contributed by atoms with Crippen molar-refractivity contribution in [2.24, 2.45) is 5.73 Å². The Morgan fingerprint density at radius 2 is 2.33 bits per heavy atom. The number of rotatable bonds is 3. The smallest absolute Gasteiger partial charge is 0.253 e. The summed E-state index contributed by atoms with van der Waals surface area (Å²) in [6.07, 6.45) is 2.33. The molecule has 18 heavy (non-hydrogen) atoms. The van der Waals surface area contributed by atoms with E-state index in [4.69, 9.17) is 10.5 Å². The van der Waals surface area contributed by atoms with E-state index in [9.17, 15) is 9.18 Å². The molecule has 0 radical (unpaired) electrons. The van der Waals surface area contributed by atoms with Crippen LogP contribution in [-0.4, -0.2) is 18.6 Å². The number of benzene rings is 1. The third-order valence-electron chi connectivity index (χ3n) is 3.01. The molecular weight excluding hydrogens is 235 g/mol. The Hall–Kier alpha value is -1.46. The molecule has 1 heterocycles. The van der Waals surface area contributed by atoms with Gasteiger partial charge in [-0.1, -0.05) is 0 Å². The van der Waals surface area contributed by atoms with Gasteiger partial charge in [0.05, 0.1) is 0 Å². The van der Waals surface area contributed by atoms with E-state index < -0.39 is 6.10 Å². The first-order chi connectivity index (χ1) is 8.70. The van der Waals surface area contributed by atoms with Crippen molar-refractivity contribution in [3.05, 3.63) is 29.6 Å². The molecule has 3 N–H and O–H groups in total. The fourth-order valence-corrected chi connectivity index (χ4v) is 1.98. The Bertz CT molecular complexity index is 431. The summed E-state index contributed by atoms with van der Waals surface area (Å²) in [6, 6.07) is 4.38. The second-order valence-corrected chi connectivity index (χ2v) is 4.35. The van der Waals surface area contributed by atoms with Crippen molar-refractivity contribution < 1.29 is 13.9 Å². The second-order valence-electron chi connectivity index (χ2n) is 4.35. The minimum absolute atomic E-state index is 0.107. The first kappa shape index (κ1) is 13.0. The lowest BCUT2D eigenvalue weighted by atomic mass is 10.1. The lowest BCUT2D eigenvalue weighted by Gasteiger charge is -2.21. The van der Waals surface area contributed by atoms with E-state index in [0.717, 1.165) is 19.3 Å². The van der Waals surface area contributed by atoms with E-state index in [1.807, 2.05) is 0 Å². The topological polar surface area (TPSA) is 64.3 Å². The van der Waals surface area contributed by atoms with E-state index in [1.54, 1.807) is 6.07 Å². The molecule has 0 aliphatic carbocycles. The average molecular weight is 252 g/mol. The molecule has 2 rings (SSSR count). The summed E-state index contributed by atoms with van der Waals surface area (Å²) in [5.41, 5.74) is 6.35. The van der Waals surface area contributed by atoms with Gasteiger partial charge >= 0.3 is 0 Å². The molecular formula is C13H17FN2O2. The molecule has 1 aliphatic rings. The molecule has 1 aromatic carbocycles. The van der Waals surface area contributed by atoms with Crippen LogP contribution in [0.25, 0.3) is 0 Å². The summed E-state index contributed by atoms with van der Waals surface area (Å²) >= 11 is 0. The Balaban J connectivity index is 2.02. The van der Waals surface area contributed by atoms with Crippen LogP contribution >= 0.6 is 0 Å². The molecule has 0 spiro atoms. The van der Waals surface area contributed by atoms with Crippen LogP contribution in [0.2, 0.25) is 0 Å². The highest BCUT2D eigenvalue weighted by molar-refractivity contribution is 5.94. The quantitative estimate of drug-likeness (QED) is 0.862. The fraction of sp³-hybridized carbons (Fsp3) is 0.462. The Kier molecular flexibility index (Phi) is 4.28. The molecule has 1 saturated heterocycles. The summed E-state index contributed by atoms with van der Waals surface area (Å²) < 4.78 is 18.6. The number of halogens is 1. The maximum atomic E-state index is 13.2. The summed E-state index contributed by atoms with van der Waals surface area (Å²) in [7, 11) is 0. The highest BCUT2D eigenvalue weighted by atomic mass is 19.1. The largest absolute Gasteiger partial charge is 0.368 e. The Morgan fingerprint density at radius 3 is 3.00 bits per heavy atom. The molecule has 1 aromatic rings. The summed E-state index contributed by atoms with van der Waals surface area (Å²) in [4.78, 5) is 11.9. The predicted molar refractivity (Wildman–Crippen MR) is 66.5 cm³/mol. The zero-order valence-corrected chi connectivity index (χ0v) is 10.1. The number of hydrogen-bond acceptors (Lipinski definition) is 3. The number of hydrogen-bond donors (Lipinski definition) is 2. The van der Waals surface area contributed by atoms with Crippen LogP contribution in [0, 0.1) is 5.82 Å². The molecule has 4 nitrogen and oxygen atoms in total. The number of carbonyl (C=O) groups is 1. The first-order valence-electron chi connectivity index (χ1n) is 6.11. The van der Waals surface area contributed by atoms with E-state index in [-0.39, 0.29) is 18.3 Å². The number of carbonyl (C=O) groups excluding carboxylic acids is 1. The van der Waals surface area contributed by atoms with E-state index in [0.29, 0.717) is 17.9 Å². The van der Waals surface area contributed by atoms with Crippen molar-refractivity contribution in [2.45, 2.75) is 31.9 Å². The summed E-state index contributed by atoms with van der Waals surface area (Å²) in [5.74, 6) is -0.534. The molecule has 1 amide bonds. The maximum absolute atomic E-state index is 13.2. The van der Waals surface area contributed by atoms with Gasteiger partial charge in [-0.2, -0.15) is 0 Å². The van der Waals surface area contributed by atoms with Crippen molar-refractivity contribution in [1.82, 2.24) is 0 Å². The lowest BCUT2D eigenvalue weighted by molar-refractivity contribution is -0.129. The van der Waals surface area contributed by atoms with Crippen molar-refractivity contribution in [3.8, 4) is 0 Å². The highest BCUT2D eigenvalue weighted by Gasteiger charge is 2.21. The van der Waals surface area contributed by atoms with E-state index in [2.05, 4.69) is 5.32 Å². The van der Waals surface area contributed by atoms with Crippen molar-refractivity contribution in [2.75, 3.05) is 11.9 Å². The zero-order valence-electron chi connectivity index (χ0n) is 10.1. The predicted octanol–water partition coefficient (Wildman–Crippen LogP) is 1.79. The highest BCUT2D eigenvalue weighted by Crippen LogP contribution is 2.17. The zero-order chi connectivity index (χ0) is 13.0. The van der Waals surface area contributed by atoms with Crippen LogP contribution < -0.4 is 11.1 Å². The van der Waals surface area contributed by atoms with Gasteiger partial charge in [0, 0.05) is 24.4 Å². The van der Waals surface area contributed by atoms with Gasteiger partial charge in [0.2, 0.25) is 0 Å². The van der Waals surface area contributed by atoms with Gasteiger partial charge in [0.25, 0.3) is 5.91 Å². The molecule has 0 aromatic heterocycles. The minimum atomic E-state index is -0.398. The molecule has 1 atom stereocenters. The van der Waals surface area contributed by atoms with Crippen molar-refractivity contribution in [3.63, 3.8) is 0 Å². The van der Waals surface area contributed by atoms with Gasteiger partial charge in [-0.3, -0.25) is 4.79 Å².